The van der Waals surface area contributed by atoms with Crippen LogP contribution in [0.2, 0.25) is 0 Å². The Morgan fingerprint density at radius 1 is 1.42 bits per heavy atom. The highest BCUT2D eigenvalue weighted by Crippen LogP contribution is 2.19. The summed E-state index contributed by atoms with van der Waals surface area (Å²) in [6.07, 6.45) is 0. The van der Waals surface area contributed by atoms with Crippen molar-refractivity contribution in [3.05, 3.63) is 24.0 Å². The predicted octanol–water partition coefficient (Wildman–Crippen LogP) is 1.42. The van der Waals surface area contributed by atoms with Crippen molar-refractivity contribution in [3.8, 4) is 0 Å². The SMILES string of the molecule is CC(C)CS(=O)(=O)CC(=O)Nc1cc(F)ccc1N. The lowest BCUT2D eigenvalue weighted by Crippen LogP contribution is -2.26. The first-order valence-corrected chi connectivity index (χ1v) is 7.57. The van der Waals surface area contributed by atoms with Gasteiger partial charge < -0.3 is 11.1 Å². The standard InChI is InChI=1S/C12H17FN2O3S/c1-8(2)6-19(17,18)7-12(16)15-11-5-9(13)3-4-10(11)14/h3-5,8H,6-7,14H2,1-2H3,(H,15,16). The molecule has 0 heterocycles. The van der Waals surface area contributed by atoms with E-state index in [-0.39, 0.29) is 23.0 Å². The molecule has 0 fully saturated rings. The van der Waals surface area contributed by atoms with E-state index in [4.69, 9.17) is 5.73 Å². The van der Waals surface area contributed by atoms with Gasteiger partial charge in [0.05, 0.1) is 17.1 Å². The average molecular weight is 288 g/mol. The maximum Gasteiger partial charge on any atom is 0.239 e. The van der Waals surface area contributed by atoms with E-state index < -0.39 is 27.3 Å². The molecule has 0 aliphatic carbocycles. The van der Waals surface area contributed by atoms with Gasteiger partial charge >= 0.3 is 0 Å². The molecule has 0 bridgehead atoms. The lowest BCUT2D eigenvalue weighted by molar-refractivity contribution is -0.113. The van der Waals surface area contributed by atoms with E-state index >= 15 is 0 Å². The summed E-state index contributed by atoms with van der Waals surface area (Å²) in [5.74, 6) is -2.05. The molecule has 0 saturated heterocycles. The highest BCUT2D eigenvalue weighted by molar-refractivity contribution is 7.92. The zero-order valence-electron chi connectivity index (χ0n) is 10.8. The van der Waals surface area contributed by atoms with Crippen LogP contribution in [0.25, 0.3) is 0 Å². The Balaban J connectivity index is 2.73. The van der Waals surface area contributed by atoms with Gasteiger partial charge in [0.25, 0.3) is 0 Å². The Labute approximate surface area is 111 Å². The van der Waals surface area contributed by atoms with Crippen molar-refractivity contribution < 1.29 is 17.6 Å². The number of nitrogen functional groups attached to an aromatic ring is 1. The van der Waals surface area contributed by atoms with Crippen LogP contribution < -0.4 is 11.1 Å². The van der Waals surface area contributed by atoms with Gasteiger partial charge in [0.2, 0.25) is 5.91 Å². The molecule has 0 spiro atoms. The third kappa shape index (κ3) is 5.25. The molecular formula is C12H17FN2O3S. The Morgan fingerprint density at radius 3 is 2.63 bits per heavy atom. The fourth-order valence-corrected chi connectivity index (χ4v) is 3.19. The van der Waals surface area contributed by atoms with E-state index in [9.17, 15) is 17.6 Å². The maximum absolute atomic E-state index is 13.0. The average Bonchev–Trinajstić information content (AvgIpc) is 2.20. The van der Waals surface area contributed by atoms with Crippen LogP contribution >= 0.6 is 0 Å². The monoisotopic (exact) mass is 288 g/mol. The molecule has 1 amide bonds. The number of carbonyl (C=O) groups is 1. The molecule has 0 saturated carbocycles. The number of rotatable bonds is 5. The molecule has 0 aliphatic heterocycles. The Kier molecular flexibility index (Phi) is 4.88. The molecule has 7 heteroatoms. The van der Waals surface area contributed by atoms with Gasteiger partial charge in [-0.25, -0.2) is 12.8 Å². The molecule has 0 aliphatic rings. The van der Waals surface area contributed by atoms with Crippen LogP contribution in [0.3, 0.4) is 0 Å². The van der Waals surface area contributed by atoms with Gasteiger partial charge in [-0.1, -0.05) is 13.8 Å². The third-order valence-electron chi connectivity index (χ3n) is 2.23. The van der Waals surface area contributed by atoms with Crippen LogP contribution in [0.1, 0.15) is 13.8 Å². The van der Waals surface area contributed by atoms with Gasteiger partial charge in [0.1, 0.15) is 11.6 Å². The van der Waals surface area contributed by atoms with Crippen molar-refractivity contribution >= 4 is 27.1 Å². The number of amides is 1. The molecule has 0 unspecified atom stereocenters. The minimum absolute atomic E-state index is 0.0583. The van der Waals surface area contributed by atoms with Crippen molar-refractivity contribution in [2.24, 2.45) is 5.92 Å². The van der Waals surface area contributed by atoms with Gasteiger partial charge in [-0.3, -0.25) is 4.79 Å². The second kappa shape index (κ2) is 6.01. The first-order chi connectivity index (χ1) is 8.69. The maximum atomic E-state index is 13.0. The third-order valence-corrected chi connectivity index (χ3v) is 4.10. The number of nitrogens with two attached hydrogens (primary N) is 1. The molecule has 106 valence electrons. The summed E-state index contributed by atoms with van der Waals surface area (Å²) in [5, 5.41) is 2.30. The van der Waals surface area contributed by atoms with Crippen molar-refractivity contribution in [2.75, 3.05) is 22.6 Å². The number of sulfone groups is 1. The van der Waals surface area contributed by atoms with E-state index in [1.807, 2.05) is 0 Å². The second-order valence-corrected chi connectivity index (χ2v) is 6.84. The smallest absolute Gasteiger partial charge is 0.239 e. The van der Waals surface area contributed by atoms with E-state index in [2.05, 4.69) is 5.32 Å². The van der Waals surface area contributed by atoms with E-state index in [0.717, 1.165) is 12.1 Å². The summed E-state index contributed by atoms with van der Waals surface area (Å²) >= 11 is 0. The Morgan fingerprint density at radius 2 is 2.05 bits per heavy atom. The zero-order valence-corrected chi connectivity index (χ0v) is 11.6. The van der Waals surface area contributed by atoms with Gasteiger partial charge in [-0.15, -0.1) is 0 Å². The van der Waals surface area contributed by atoms with E-state index in [0.29, 0.717) is 0 Å². The van der Waals surface area contributed by atoms with Crippen molar-refractivity contribution in [3.63, 3.8) is 0 Å². The number of benzene rings is 1. The van der Waals surface area contributed by atoms with Crippen LogP contribution in [0.4, 0.5) is 15.8 Å². The summed E-state index contributed by atoms with van der Waals surface area (Å²) in [6.45, 7) is 3.50. The molecular weight excluding hydrogens is 271 g/mol. The number of nitrogens with one attached hydrogen (secondary N) is 1. The molecule has 19 heavy (non-hydrogen) atoms. The summed E-state index contributed by atoms with van der Waals surface area (Å²) in [4.78, 5) is 11.6. The Bertz CT molecular complexity index is 570. The van der Waals surface area contributed by atoms with E-state index in [1.54, 1.807) is 13.8 Å². The van der Waals surface area contributed by atoms with Crippen LogP contribution in [0, 0.1) is 11.7 Å². The first kappa shape index (κ1) is 15.4. The summed E-state index contributed by atoms with van der Waals surface area (Å²) < 4.78 is 36.2. The second-order valence-electron chi connectivity index (χ2n) is 4.73. The van der Waals surface area contributed by atoms with Gasteiger partial charge in [0, 0.05) is 0 Å². The largest absolute Gasteiger partial charge is 0.397 e. The summed E-state index contributed by atoms with van der Waals surface area (Å²) in [6, 6.07) is 3.50. The molecule has 3 N–H and O–H groups in total. The molecule has 1 rings (SSSR count). The molecule has 0 atom stereocenters. The van der Waals surface area contributed by atoms with Gasteiger partial charge in [-0.2, -0.15) is 0 Å². The molecule has 5 nitrogen and oxygen atoms in total. The number of carbonyl (C=O) groups excluding carboxylic acids is 1. The lowest BCUT2D eigenvalue weighted by atomic mass is 10.2. The van der Waals surface area contributed by atoms with Crippen LogP contribution in [0.5, 0.6) is 0 Å². The minimum atomic E-state index is -3.47. The first-order valence-electron chi connectivity index (χ1n) is 5.75. The minimum Gasteiger partial charge on any atom is -0.397 e. The summed E-state index contributed by atoms with van der Waals surface area (Å²) in [5.41, 5.74) is 5.80. The quantitative estimate of drug-likeness (QED) is 0.802. The number of halogens is 1. The summed E-state index contributed by atoms with van der Waals surface area (Å²) in [7, 11) is -3.47. The normalized spacial score (nSPS) is 11.6. The molecule has 1 aromatic carbocycles. The zero-order chi connectivity index (χ0) is 14.6. The highest BCUT2D eigenvalue weighted by atomic mass is 32.2. The van der Waals surface area contributed by atoms with Crippen LogP contribution in [-0.2, 0) is 14.6 Å². The Hall–Kier alpha value is -1.63. The van der Waals surface area contributed by atoms with E-state index in [1.165, 1.54) is 6.07 Å². The fourth-order valence-electron chi connectivity index (χ4n) is 1.59. The lowest BCUT2D eigenvalue weighted by Gasteiger charge is -2.09. The van der Waals surface area contributed by atoms with Crippen molar-refractivity contribution in [1.29, 1.82) is 0 Å². The fraction of sp³-hybridized carbons (Fsp3) is 0.417. The number of anilines is 2. The molecule has 0 aromatic heterocycles. The van der Waals surface area contributed by atoms with Crippen LogP contribution in [-0.4, -0.2) is 25.8 Å². The predicted molar refractivity (Wildman–Crippen MR) is 72.9 cm³/mol. The van der Waals surface area contributed by atoms with Crippen molar-refractivity contribution in [2.45, 2.75) is 13.8 Å². The van der Waals surface area contributed by atoms with Crippen molar-refractivity contribution in [1.82, 2.24) is 0 Å². The molecule has 0 radical (unpaired) electrons. The van der Waals surface area contributed by atoms with Gasteiger partial charge in [-0.05, 0) is 24.1 Å². The number of hydrogen-bond acceptors (Lipinski definition) is 4. The van der Waals surface area contributed by atoms with Crippen LogP contribution in [0.15, 0.2) is 18.2 Å². The van der Waals surface area contributed by atoms with Gasteiger partial charge in [0.15, 0.2) is 9.84 Å². The molecule has 1 aromatic rings. The topological polar surface area (TPSA) is 89.3 Å². The highest BCUT2D eigenvalue weighted by Gasteiger charge is 2.18. The number of hydrogen-bond donors (Lipinski definition) is 2.